The van der Waals surface area contributed by atoms with Gasteiger partial charge in [-0.2, -0.15) is 0 Å². The summed E-state index contributed by atoms with van der Waals surface area (Å²) in [4.78, 5) is 4.71. The van der Waals surface area contributed by atoms with Gasteiger partial charge in [0.15, 0.2) is 5.96 Å². The number of nitrogens with zero attached hydrogens (tertiary/aromatic N) is 1. The molecule has 2 aromatic rings. The summed E-state index contributed by atoms with van der Waals surface area (Å²) in [5.74, 6) is 0.801. The van der Waals surface area contributed by atoms with Crippen molar-refractivity contribution in [2.45, 2.75) is 45.6 Å². The molecule has 0 atom stereocenters. The van der Waals surface area contributed by atoms with Crippen molar-refractivity contribution in [3.63, 3.8) is 0 Å². The highest BCUT2D eigenvalue weighted by molar-refractivity contribution is 5.79. The van der Waals surface area contributed by atoms with E-state index < -0.39 is 0 Å². The fourth-order valence-corrected chi connectivity index (χ4v) is 3.39. The Kier molecular flexibility index (Phi) is 10.4. The molecule has 1 aliphatic heterocycles. The van der Waals surface area contributed by atoms with Crippen LogP contribution in [0.1, 0.15) is 36.5 Å². The molecule has 6 heteroatoms. The van der Waals surface area contributed by atoms with Crippen LogP contribution in [0.5, 0.6) is 0 Å². The molecule has 1 fully saturated rings. The van der Waals surface area contributed by atoms with E-state index in [9.17, 15) is 0 Å². The minimum Gasteiger partial charge on any atom is -0.381 e. The third-order valence-electron chi connectivity index (χ3n) is 5.06. The van der Waals surface area contributed by atoms with E-state index in [0.29, 0.717) is 39.0 Å². The van der Waals surface area contributed by atoms with Crippen molar-refractivity contribution < 1.29 is 14.2 Å². The summed E-state index contributed by atoms with van der Waals surface area (Å²) in [5.41, 5.74) is 3.54. The molecule has 0 radical (unpaired) electrons. The number of rotatable bonds is 11. The van der Waals surface area contributed by atoms with E-state index in [0.717, 1.165) is 38.6 Å². The Labute approximate surface area is 186 Å². The number of nitrogens with one attached hydrogen (secondary N) is 2. The van der Waals surface area contributed by atoms with Gasteiger partial charge in [-0.1, -0.05) is 54.6 Å². The molecule has 0 aliphatic carbocycles. The molecule has 0 bridgehead atoms. The Bertz CT molecular complexity index is 777. The first-order valence-corrected chi connectivity index (χ1v) is 11.2. The van der Waals surface area contributed by atoms with Gasteiger partial charge in [0.05, 0.1) is 32.5 Å². The monoisotopic (exact) mass is 425 g/mol. The Morgan fingerprint density at radius 2 is 1.74 bits per heavy atom. The molecule has 0 spiro atoms. The van der Waals surface area contributed by atoms with E-state index in [1.807, 2.05) is 18.2 Å². The van der Waals surface area contributed by atoms with Gasteiger partial charge in [0, 0.05) is 26.3 Å². The molecular formula is C25H35N3O3. The van der Waals surface area contributed by atoms with Gasteiger partial charge in [-0.15, -0.1) is 0 Å². The Morgan fingerprint density at radius 1 is 0.968 bits per heavy atom. The van der Waals surface area contributed by atoms with Gasteiger partial charge in [0.25, 0.3) is 0 Å². The van der Waals surface area contributed by atoms with Crippen LogP contribution in [0.15, 0.2) is 59.6 Å². The summed E-state index contributed by atoms with van der Waals surface area (Å²) in [6.45, 7) is 7.69. The highest BCUT2D eigenvalue weighted by atomic mass is 16.5. The molecule has 1 heterocycles. The van der Waals surface area contributed by atoms with Crippen LogP contribution < -0.4 is 10.6 Å². The topological polar surface area (TPSA) is 64.1 Å². The highest BCUT2D eigenvalue weighted by Gasteiger charge is 2.14. The van der Waals surface area contributed by atoms with E-state index >= 15 is 0 Å². The molecule has 1 aliphatic rings. The average Bonchev–Trinajstić information content (AvgIpc) is 2.82. The standard InChI is InChI=1S/C25H35N3O3/c1-2-26-25(27-13-16-30-19-21-7-4-3-5-8-21)28-18-22-9-6-10-23(17-22)20-31-24-11-14-29-15-12-24/h3-10,17,24H,2,11-16,18-20H2,1H3,(H2,26,27,28). The van der Waals surface area contributed by atoms with Crippen LogP contribution in [0.3, 0.4) is 0 Å². The van der Waals surface area contributed by atoms with Gasteiger partial charge in [0.2, 0.25) is 0 Å². The van der Waals surface area contributed by atoms with E-state index in [1.54, 1.807) is 0 Å². The first-order valence-electron chi connectivity index (χ1n) is 11.2. The summed E-state index contributed by atoms with van der Waals surface area (Å²) >= 11 is 0. The predicted molar refractivity (Wildman–Crippen MR) is 124 cm³/mol. The maximum Gasteiger partial charge on any atom is 0.191 e. The quantitative estimate of drug-likeness (QED) is 0.327. The molecule has 168 valence electrons. The van der Waals surface area contributed by atoms with Crippen LogP contribution in [0.4, 0.5) is 0 Å². The van der Waals surface area contributed by atoms with Crippen molar-refractivity contribution >= 4 is 5.96 Å². The molecule has 0 saturated carbocycles. The predicted octanol–water partition coefficient (Wildman–Crippen LogP) is 3.65. The van der Waals surface area contributed by atoms with Crippen LogP contribution in [-0.2, 0) is 34.0 Å². The number of aliphatic imine (C=N–C) groups is 1. The van der Waals surface area contributed by atoms with Crippen LogP contribution in [0, 0.1) is 0 Å². The lowest BCUT2D eigenvalue weighted by atomic mass is 10.1. The Morgan fingerprint density at radius 3 is 2.55 bits per heavy atom. The zero-order valence-electron chi connectivity index (χ0n) is 18.5. The molecule has 1 saturated heterocycles. The lowest BCUT2D eigenvalue weighted by Gasteiger charge is -2.22. The van der Waals surface area contributed by atoms with Gasteiger partial charge >= 0.3 is 0 Å². The van der Waals surface area contributed by atoms with Crippen LogP contribution in [-0.4, -0.2) is 45.0 Å². The second kappa shape index (κ2) is 13.8. The van der Waals surface area contributed by atoms with Crippen molar-refractivity contribution in [1.82, 2.24) is 10.6 Å². The lowest BCUT2D eigenvalue weighted by Crippen LogP contribution is -2.38. The number of ether oxygens (including phenoxy) is 3. The molecule has 0 aromatic heterocycles. The third kappa shape index (κ3) is 9.09. The maximum atomic E-state index is 6.04. The SMILES string of the molecule is CCNC(=NCc1cccc(COC2CCOCC2)c1)NCCOCc1ccccc1. The molecule has 6 nitrogen and oxygen atoms in total. The van der Waals surface area contributed by atoms with Crippen LogP contribution in [0.25, 0.3) is 0 Å². The van der Waals surface area contributed by atoms with Crippen molar-refractivity contribution in [1.29, 1.82) is 0 Å². The van der Waals surface area contributed by atoms with Crippen molar-refractivity contribution in [3.8, 4) is 0 Å². The largest absolute Gasteiger partial charge is 0.381 e. The second-order valence-corrected chi connectivity index (χ2v) is 7.60. The third-order valence-corrected chi connectivity index (χ3v) is 5.06. The van der Waals surface area contributed by atoms with Crippen LogP contribution in [0.2, 0.25) is 0 Å². The smallest absolute Gasteiger partial charge is 0.191 e. The minimum absolute atomic E-state index is 0.309. The van der Waals surface area contributed by atoms with Crippen molar-refractivity contribution in [2.24, 2.45) is 4.99 Å². The molecule has 3 rings (SSSR count). The zero-order chi connectivity index (χ0) is 21.6. The Hall–Kier alpha value is -2.41. The first-order chi connectivity index (χ1) is 15.3. The maximum absolute atomic E-state index is 6.04. The van der Waals surface area contributed by atoms with Crippen molar-refractivity contribution in [2.75, 3.05) is 32.9 Å². The van der Waals surface area contributed by atoms with Gasteiger partial charge in [-0.05, 0) is 36.5 Å². The molecule has 2 N–H and O–H groups in total. The van der Waals surface area contributed by atoms with E-state index in [2.05, 4.69) is 54.0 Å². The number of guanidine groups is 1. The van der Waals surface area contributed by atoms with Gasteiger partial charge in [-0.25, -0.2) is 4.99 Å². The number of hydrogen-bond donors (Lipinski definition) is 2. The summed E-state index contributed by atoms with van der Waals surface area (Å²) in [7, 11) is 0. The van der Waals surface area contributed by atoms with Gasteiger partial charge in [0.1, 0.15) is 0 Å². The second-order valence-electron chi connectivity index (χ2n) is 7.60. The summed E-state index contributed by atoms with van der Waals surface area (Å²) in [6.07, 6.45) is 2.28. The van der Waals surface area contributed by atoms with E-state index in [1.165, 1.54) is 16.7 Å². The number of hydrogen-bond acceptors (Lipinski definition) is 4. The molecular weight excluding hydrogens is 390 g/mol. The van der Waals surface area contributed by atoms with Gasteiger partial charge < -0.3 is 24.8 Å². The zero-order valence-corrected chi connectivity index (χ0v) is 18.5. The molecule has 31 heavy (non-hydrogen) atoms. The number of benzene rings is 2. The van der Waals surface area contributed by atoms with E-state index in [4.69, 9.17) is 19.2 Å². The Balaban J connectivity index is 1.41. The minimum atomic E-state index is 0.309. The molecule has 2 aromatic carbocycles. The summed E-state index contributed by atoms with van der Waals surface area (Å²) in [6, 6.07) is 18.7. The normalized spacial score (nSPS) is 15.1. The van der Waals surface area contributed by atoms with Gasteiger partial charge in [-0.3, -0.25) is 0 Å². The fraction of sp³-hybridized carbons (Fsp3) is 0.480. The first kappa shape index (κ1) is 23.3. The lowest BCUT2D eigenvalue weighted by molar-refractivity contribution is -0.0390. The van der Waals surface area contributed by atoms with Crippen molar-refractivity contribution in [3.05, 3.63) is 71.3 Å². The molecule has 0 unspecified atom stereocenters. The molecule has 0 amide bonds. The van der Waals surface area contributed by atoms with Crippen LogP contribution >= 0.6 is 0 Å². The van der Waals surface area contributed by atoms with E-state index in [-0.39, 0.29) is 0 Å². The summed E-state index contributed by atoms with van der Waals surface area (Å²) in [5, 5.41) is 6.63. The average molecular weight is 426 g/mol. The fourth-order valence-electron chi connectivity index (χ4n) is 3.39. The summed E-state index contributed by atoms with van der Waals surface area (Å²) < 4.78 is 17.2. The highest BCUT2D eigenvalue weighted by Crippen LogP contribution is 2.14.